The fourth-order valence-corrected chi connectivity index (χ4v) is 3.16. The largest absolute Gasteiger partial charge is 0.357 e. The second-order valence-electron chi connectivity index (χ2n) is 6.66. The van der Waals surface area contributed by atoms with Crippen molar-refractivity contribution in [3.8, 4) is 0 Å². The summed E-state index contributed by atoms with van der Waals surface area (Å²) in [5.41, 5.74) is 2.32. The van der Waals surface area contributed by atoms with Crippen LogP contribution in [0.5, 0.6) is 0 Å². The lowest BCUT2D eigenvalue weighted by atomic mass is 10.1. The van der Waals surface area contributed by atoms with E-state index in [9.17, 15) is 4.79 Å². The Morgan fingerprint density at radius 3 is 2.68 bits per heavy atom. The molecular weight excluding hydrogens is 467 g/mol. The van der Waals surface area contributed by atoms with E-state index in [4.69, 9.17) is 0 Å². The predicted molar refractivity (Wildman–Crippen MR) is 122 cm³/mol. The maximum Gasteiger partial charge on any atom is 0.241 e. The van der Waals surface area contributed by atoms with E-state index in [1.165, 1.54) is 5.56 Å². The minimum atomic E-state index is 0. The maximum atomic E-state index is 12.2. The first-order valence-electron chi connectivity index (χ1n) is 9.60. The van der Waals surface area contributed by atoms with Gasteiger partial charge in [-0.15, -0.1) is 24.0 Å². The number of hydrogen-bond acceptors (Lipinski definition) is 3. The third-order valence-electron chi connectivity index (χ3n) is 4.52. The molecule has 152 valence electrons. The SMILES string of the molecule is CCNC(=NCc1cccc(Cn2cccn2)c1)NCC(=O)N1CCCC1.I. The molecule has 2 N–H and O–H groups in total. The van der Waals surface area contributed by atoms with Crippen molar-refractivity contribution in [2.45, 2.75) is 32.9 Å². The molecule has 0 spiro atoms. The highest BCUT2D eigenvalue weighted by Gasteiger charge is 2.17. The monoisotopic (exact) mass is 496 g/mol. The summed E-state index contributed by atoms with van der Waals surface area (Å²) in [5, 5.41) is 10.6. The van der Waals surface area contributed by atoms with Gasteiger partial charge in [-0.05, 0) is 37.0 Å². The molecule has 1 aliphatic heterocycles. The Morgan fingerprint density at radius 1 is 1.18 bits per heavy atom. The molecule has 1 saturated heterocycles. The number of benzene rings is 1. The Balaban J connectivity index is 0.00000280. The van der Waals surface area contributed by atoms with E-state index in [0.717, 1.165) is 44.6 Å². The van der Waals surface area contributed by atoms with Gasteiger partial charge in [0, 0.05) is 32.0 Å². The highest BCUT2D eigenvalue weighted by molar-refractivity contribution is 14.0. The molecule has 1 aliphatic rings. The van der Waals surface area contributed by atoms with E-state index in [2.05, 4.69) is 38.9 Å². The molecule has 0 saturated carbocycles. The van der Waals surface area contributed by atoms with Crippen molar-refractivity contribution in [2.24, 2.45) is 4.99 Å². The van der Waals surface area contributed by atoms with Crippen molar-refractivity contribution in [1.82, 2.24) is 25.3 Å². The quantitative estimate of drug-likeness (QED) is 0.351. The van der Waals surface area contributed by atoms with Crippen molar-refractivity contribution in [1.29, 1.82) is 0 Å². The summed E-state index contributed by atoms with van der Waals surface area (Å²) in [5.74, 6) is 0.807. The number of nitrogens with one attached hydrogen (secondary N) is 2. The van der Waals surface area contributed by atoms with Crippen LogP contribution in [0.1, 0.15) is 30.9 Å². The number of nitrogens with zero attached hydrogens (tertiary/aromatic N) is 4. The molecule has 3 rings (SSSR count). The smallest absolute Gasteiger partial charge is 0.241 e. The zero-order valence-electron chi connectivity index (χ0n) is 16.3. The molecule has 0 unspecified atom stereocenters. The fourth-order valence-electron chi connectivity index (χ4n) is 3.16. The summed E-state index contributed by atoms with van der Waals surface area (Å²) in [6.45, 7) is 6.10. The number of carbonyl (C=O) groups is 1. The summed E-state index contributed by atoms with van der Waals surface area (Å²) in [6.07, 6.45) is 5.95. The molecular formula is C20H29IN6O. The molecule has 8 heteroatoms. The van der Waals surface area contributed by atoms with Gasteiger partial charge < -0.3 is 15.5 Å². The van der Waals surface area contributed by atoms with Gasteiger partial charge in [-0.3, -0.25) is 9.48 Å². The number of amides is 1. The van der Waals surface area contributed by atoms with Crippen molar-refractivity contribution in [3.63, 3.8) is 0 Å². The van der Waals surface area contributed by atoms with Crippen LogP contribution in [-0.4, -0.2) is 52.7 Å². The van der Waals surface area contributed by atoms with Gasteiger partial charge in [0.05, 0.1) is 19.6 Å². The highest BCUT2D eigenvalue weighted by atomic mass is 127. The van der Waals surface area contributed by atoms with E-state index in [-0.39, 0.29) is 36.4 Å². The lowest BCUT2D eigenvalue weighted by Crippen LogP contribution is -2.44. The van der Waals surface area contributed by atoms with Crippen LogP contribution >= 0.6 is 24.0 Å². The van der Waals surface area contributed by atoms with Crippen LogP contribution in [-0.2, 0) is 17.9 Å². The Bertz CT molecular complexity index is 756. The van der Waals surface area contributed by atoms with Crippen molar-refractivity contribution < 1.29 is 4.79 Å². The minimum Gasteiger partial charge on any atom is -0.357 e. The van der Waals surface area contributed by atoms with E-state index >= 15 is 0 Å². The normalized spacial score (nSPS) is 13.9. The average molecular weight is 496 g/mol. The number of aliphatic imine (C=N–C) groups is 1. The van der Waals surface area contributed by atoms with Crippen LogP contribution in [0.25, 0.3) is 0 Å². The minimum absolute atomic E-state index is 0. The molecule has 1 fully saturated rings. The lowest BCUT2D eigenvalue weighted by Gasteiger charge is -2.17. The molecule has 2 aromatic rings. The van der Waals surface area contributed by atoms with Crippen LogP contribution in [0.4, 0.5) is 0 Å². The average Bonchev–Trinajstić information content (AvgIpc) is 3.38. The standard InChI is InChI=1S/C20H28N6O.HI/c1-2-21-20(23-15-19(27)25-10-3-4-11-25)22-14-17-7-5-8-18(13-17)16-26-12-6-9-24-26;/h5-9,12-13H,2-4,10-11,14-16H2,1H3,(H2,21,22,23);1H. The zero-order valence-corrected chi connectivity index (χ0v) is 18.6. The van der Waals surface area contributed by atoms with Gasteiger partial charge in [0.1, 0.15) is 0 Å². The van der Waals surface area contributed by atoms with E-state index in [1.807, 2.05) is 34.8 Å². The summed E-state index contributed by atoms with van der Waals surface area (Å²) in [7, 11) is 0. The fraction of sp³-hybridized carbons (Fsp3) is 0.450. The summed E-state index contributed by atoms with van der Waals surface area (Å²) in [4.78, 5) is 18.7. The van der Waals surface area contributed by atoms with Gasteiger partial charge in [-0.2, -0.15) is 5.10 Å². The summed E-state index contributed by atoms with van der Waals surface area (Å²) < 4.78 is 1.90. The number of guanidine groups is 1. The van der Waals surface area contributed by atoms with E-state index in [1.54, 1.807) is 6.20 Å². The number of hydrogen-bond donors (Lipinski definition) is 2. The molecule has 1 aromatic carbocycles. The maximum absolute atomic E-state index is 12.2. The Hall–Kier alpha value is -2.10. The molecule has 2 heterocycles. The van der Waals surface area contributed by atoms with Gasteiger partial charge in [0.2, 0.25) is 5.91 Å². The van der Waals surface area contributed by atoms with Crippen molar-refractivity contribution >= 4 is 35.8 Å². The lowest BCUT2D eigenvalue weighted by molar-refractivity contribution is -0.128. The zero-order chi connectivity index (χ0) is 18.9. The van der Waals surface area contributed by atoms with Gasteiger partial charge in [-0.1, -0.05) is 24.3 Å². The first kappa shape index (κ1) is 22.2. The topological polar surface area (TPSA) is 74.5 Å². The van der Waals surface area contributed by atoms with Gasteiger partial charge in [0.25, 0.3) is 0 Å². The second kappa shape index (κ2) is 11.7. The van der Waals surface area contributed by atoms with Crippen LogP contribution in [0.3, 0.4) is 0 Å². The van der Waals surface area contributed by atoms with Crippen molar-refractivity contribution in [3.05, 3.63) is 53.9 Å². The molecule has 28 heavy (non-hydrogen) atoms. The third kappa shape index (κ3) is 6.81. The van der Waals surface area contributed by atoms with E-state index < -0.39 is 0 Å². The van der Waals surface area contributed by atoms with E-state index in [0.29, 0.717) is 12.5 Å². The number of likely N-dealkylation sites (tertiary alicyclic amines) is 1. The number of aromatic nitrogens is 2. The second-order valence-corrected chi connectivity index (χ2v) is 6.66. The van der Waals surface area contributed by atoms with Gasteiger partial charge in [0.15, 0.2) is 5.96 Å². The first-order valence-corrected chi connectivity index (χ1v) is 9.60. The first-order chi connectivity index (χ1) is 13.2. The van der Waals surface area contributed by atoms with Crippen molar-refractivity contribution in [2.75, 3.05) is 26.2 Å². The highest BCUT2D eigenvalue weighted by Crippen LogP contribution is 2.09. The number of rotatable bonds is 7. The van der Waals surface area contributed by atoms with Crippen LogP contribution in [0.2, 0.25) is 0 Å². The molecule has 0 bridgehead atoms. The van der Waals surface area contributed by atoms with Gasteiger partial charge >= 0.3 is 0 Å². The Morgan fingerprint density at radius 2 is 1.96 bits per heavy atom. The molecule has 1 amide bonds. The van der Waals surface area contributed by atoms with Crippen LogP contribution in [0, 0.1) is 0 Å². The van der Waals surface area contributed by atoms with Crippen LogP contribution in [0.15, 0.2) is 47.7 Å². The molecule has 0 aliphatic carbocycles. The summed E-state index contributed by atoms with van der Waals surface area (Å²) >= 11 is 0. The number of halogens is 1. The van der Waals surface area contributed by atoms with Gasteiger partial charge in [-0.25, -0.2) is 4.99 Å². The molecule has 0 radical (unpaired) electrons. The molecule has 1 aromatic heterocycles. The molecule has 7 nitrogen and oxygen atoms in total. The van der Waals surface area contributed by atoms with Crippen LogP contribution < -0.4 is 10.6 Å². The number of carbonyl (C=O) groups excluding carboxylic acids is 1. The Kier molecular flexibility index (Phi) is 9.26. The summed E-state index contributed by atoms with van der Waals surface area (Å²) in [6, 6.07) is 10.3. The predicted octanol–water partition coefficient (Wildman–Crippen LogP) is 2.23. The Labute approximate surface area is 183 Å². The third-order valence-corrected chi connectivity index (χ3v) is 4.52. The molecule has 0 atom stereocenters.